The molecule has 2 rings (SSSR count). The van der Waals surface area contributed by atoms with Gasteiger partial charge >= 0.3 is 6.03 Å². The summed E-state index contributed by atoms with van der Waals surface area (Å²) in [6.07, 6.45) is 1.05. The van der Waals surface area contributed by atoms with E-state index in [1.165, 1.54) is 43.1 Å². The molecule has 1 aliphatic rings. The number of thioether (sulfide) groups is 1. The van der Waals surface area contributed by atoms with Gasteiger partial charge in [0.05, 0.1) is 10.3 Å². The van der Waals surface area contributed by atoms with Crippen LogP contribution in [0.1, 0.15) is 0 Å². The summed E-state index contributed by atoms with van der Waals surface area (Å²) >= 11 is 7.16. The molecule has 1 aromatic carbocycles. The van der Waals surface area contributed by atoms with Gasteiger partial charge in [-0.25, -0.2) is 24.1 Å². The van der Waals surface area contributed by atoms with Gasteiger partial charge in [0, 0.05) is 12.1 Å². The van der Waals surface area contributed by atoms with Crippen molar-refractivity contribution in [2.24, 2.45) is 0 Å². The molecule has 1 aromatic rings. The fraction of sp³-hybridized carbons (Fsp3) is 0.417. The molecule has 7 nitrogen and oxygen atoms in total. The molecule has 1 heterocycles. The van der Waals surface area contributed by atoms with E-state index in [0.717, 1.165) is 0 Å². The maximum Gasteiger partial charge on any atom is 0.315 e. The Balaban J connectivity index is 2.34. The monoisotopic (exact) mass is 364 g/mol. The third kappa shape index (κ3) is 3.49. The van der Waals surface area contributed by atoms with Crippen LogP contribution in [0.15, 0.2) is 29.2 Å². The Kier molecular flexibility index (Phi) is 5.56. The summed E-state index contributed by atoms with van der Waals surface area (Å²) in [5.41, 5.74) is 5.70. The zero-order chi connectivity index (χ0) is 16.3. The van der Waals surface area contributed by atoms with Crippen molar-refractivity contribution in [2.45, 2.75) is 21.7 Å². The second kappa shape index (κ2) is 7.05. The smallest absolute Gasteiger partial charge is 0.315 e. The number of carbonyl (C=O) groups is 1. The number of hydrogen-bond acceptors (Lipinski definition) is 6. The summed E-state index contributed by atoms with van der Waals surface area (Å²) in [6.45, 7) is 0. The highest BCUT2D eigenvalue weighted by Gasteiger charge is 2.45. The summed E-state index contributed by atoms with van der Waals surface area (Å²) in [5.74, 6) is 0. The lowest BCUT2D eigenvalue weighted by atomic mass is 10.3. The predicted molar refractivity (Wildman–Crippen MR) is 87.4 cm³/mol. The van der Waals surface area contributed by atoms with Crippen LogP contribution < -0.4 is 21.5 Å². The third-order valence-electron chi connectivity index (χ3n) is 3.28. The number of nitrogens with one attached hydrogen (secondary N) is 4. The molecule has 4 N–H and O–H groups in total. The van der Waals surface area contributed by atoms with Crippen LogP contribution in [-0.2, 0) is 9.84 Å². The normalized spacial score (nSPS) is 25.0. The lowest BCUT2D eigenvalue weighted by Crippen LogP contribution is -2.53. The first-order valence-corrected chi connectivity index (χ1v) is 9.63. The quantitative estimate of drug-likeness (QED) is 0.622. The summed E-state index contributed by atoms with van der Waals surface area (Å²) in [5, 5.41) is 4.20. The maximum atomic E-state index is 12.9. The molecular weight excluding hydrogens is 348 g/mol. The molecular formula is C12H17ClN4O3S2. The largest absolute Gasteiger partial charge is 0.341 e. The fourth-order valence-corrected chi connectivity index (χ4v) is 5.39. The molecule has 0 spiro atoms. The minimum absolute atomic E-state index is 0.162. The van der Waals surface area contributed by atoms with Gasteiger partial charge in [0.15, 0.2) is 9.84 Å². The van der Waals surface area contributed by atoms with E-state index in [9.17, 15) is 13.2 Å². The van der Waals surface area contributed by atoms with Crippen molar-refractivity contribution in [1.29, 1.82) is 0 Å². The molecule has 0 radical (unpaired) electrons. The van der Waals surface area contributed by atoms with E-state index < -0.39 is 32.7 Å². The molecule has 0 aliphatic carbocycles. The van der Waals surface area contributed by atoms with Gasteiger partial charge in [-0.15, -0.1) is 11.8 Å². The van der Waals surface area contributed by atoms with Crippen LogP contribution in [0.5, 0.6) is 0 Å². The second-order valence-corrected chi connectivity index (χ2v) is 8.13. The molecule has 2 amide bonds. The first-order valence-electron chi connectivity index (χ1n) is 6.41. The molecule has 1 aliphatic heterocycles. The van der Waals surface area contributed by atoms with Crippen LogP contribution in [0.3, 0.4) is 0 Å². The molecule has 22 heavy (non-hydrogen) atoms. The van der Waals surface area contributed by atoms with Gasteiger partial charge in [-0.3, -0.25) is 0 Å². The molecule has 0 aromatic heterocycles. The topological polar surface area (TPSA) is 99.3 Å². The van der Waals surface area contributed by atoms with Gasteiger partial charge in [0.2, 0.25) is 0 Å². The van der Waals surface area contributed by atoms with Crippen LogP contribution in [-0.4, -0.2) is 44.5 Å². The minimum atomic E-state index is -3.67. The predicted octanol–water partition coefficient (Wildman–Crippen LogP) is 0.534. The highest BCUT2D eigenvalue weighted by molar-refractivity contribution is 8.01. The van der Waals surface area contributed by atoms with E-state index in [1.807, 2.05) is 0 Å². The number of urea groups is 1. The summed E-state index contributed by atoms with van der Waals surface area (Å²) in [7, 11) is -2.20. The van der Waals surface area contributed by atoms with Gasteiger partial charge in [-0.05, 0) is 30.5 Å². The number of sulfone groups is 1. The molecule has 10 heteroatoms. The van der Waals surface area contributed by atoms with Crippen molar-refractivity contribution in [1.82, 2.24) is 21.5 Å². The summed E-state index contributed by atoms with van der Waals surface area (Å²) in [4.78, 5) is 11.7. The standard InChI is InChI=1S/C12H17ClN4O3S2/c1-14-12(18)15-10-9(11(21-2)17-16-10)22(19,20)8-5-3-7(13)4-6-8/h3-6,9-11,16-17H,1-2H3,(H2,14,15,18). The lowest BCUT2D eigenvalue weighted by Gasteiger charge is -2.22. The Labute approximate surface area is 138 Å². The molecule has 0 bridgehead atoms. The average Bonchev–Trinajstić information content (AvgIpc) is 2.91. The van der Waals surface area contributed by atoms with Crippen molar-refractivity contribution in [3.63, 3.8) is 0 Å². The number of hydrogen-bond donors (Lipinski definition) is 4. The van der Waals surface area contributed by atoms with Gasteiger partial charge in [0.25, 0.3) is 0 Å². The fourth-order valence-electron chi connectivity index (χ4n) is 2.16. The molecule has 1 fully saturated rings. The van der Waals surface area contributed by atoms with Crippen LogP contribution in [0.25, 0.3) is 0 Å². The Morgan fingerprint density at radius 3 is 2.45 bits per heavy atom. The highest BCUT2D eigenvalue weighted by Crippen LogP contribution is 2.28. The van der Waals surface area contributed by atoms with Crippen molar-refractivity contribution >= 4 is 39.2 Å². The molecule has 1 saturated heterocycles. The Hall–Kier alpha value is -1.00. The van der Waals surface area contributed by atoms with E-state index in [1.54, 1.807) is 6.26 Å². The Morgan fingerprint density at radius 1 is 1.27 bits per heavy atom. The van der Waals surface area contributed by atoms with Gasteiger partial charge in [0.1, 0.15) is 11.4 Å². The zero-order valence-electron chi connectivity index (χ0n) is 12.0. The second-order valence-electron chi connectivity index (χ2n) is 4.61. The van der Waals surface area contributed by atoms with E-state index in [-0.39, 0.29) is 4.90 Å². The van der Waals surface area contributed by atoms with Crippen molar-refractivity contribution in [2.75, 3.05) is 13.3 Å². The van der Waals surface area contributed by atoms with Crippen LogP contribution in [0, 0.1) is 0 Å². The van der Waals surface area contributed by atoms with E-state index in [0.29, 0.717) is 5.02 Å². The average molecular weight is 365 g/mol. The van der Waals surface area contributed by atoms with Gasteiger partial charge in [-0.2, -0.15) is 0 Å². The molecule has 0 saturated carbocycles. The number of carbonyl (C=O) groups excluding carboxylic acids is 1. The first kappa shape index (κ1) is 17.4. The molecule has 3 unspecified atom stereocenters. The van der Waals surface area contributed by atoms with Crippen molar-refractivity contribution in [3.05, 3.63) is 29.3 Å². The number of benzene rings is 1. The van der Waals surface area contributed by atoms with Gasteiger partial charge < -0.3 is 10.6 Å². The maximum absolute atomic E-state index is 12.9. The van der Waals surface area contributed by atoms with E-state index >= 15 is 0 Å². The number of rotatable bonds is 4. The number of halogens is 1. The van der Waals surface area contributed by atoms with E-state index in [4.69, 9.17) is 11.6 Å². The number of hydrazine groups is 1. The first-order chi connectivity index (χ1) is 10.4. The van der Waals surface area contributed by atoms with Crippen LogP contribution in [0.4, 0.5) is 4.79 Å². The number of amides is 2. The van der Waals surface area contributed by atoms with Crippen LogP contribution in [0.2, 0.25) is 5.02 Å². The Morgan fingerprint density at radius 2 is 1.91 bits per heavy atom. The Bertz CT molecular complexity index is 638. The van der Waals surface area contributed by atoms with Crippen molar-refractivity contribution < 1.29 is 13.2 Å². The molecule has 3 atom stereocenters. The highest BCUT2D eigenvalue weighted by atomic mass is 35.5. The zero-order valence-corrected chi connectivity index (χ0v) is 14.3. The SMILES string of the molecule is CNC(=O)NC1NNC(SC)C1S(=O)(=O)c1ccc(Cl)cc1. The van der Waals surface area contributed by atoms with Crippen molar-refractivity contribution in [3.8, 4) is 0 Å². The van der Waals surface area contributed by atoms with Gasteiger partial charge in [-0.1, -0.05) is 11.6 Å². The minimum Gasteiger partial charge on any atom is -0.341 e. The summed E-state index contributed by atoms with van der Waals surface area (Å²) in [6, 6.07) is 5.52. The lowest BCUT2D eigenvalue weighted by molar-refractivity contribution is 0.237. The third-order valence-corrected chi connectivity index (χ3v) is 6.81. The summed E-state index contributed by atoms with van der Waals surface area (Å²) < 4.78 is 25.8. The molecule has 122 valence electrons. The van der Waals surface area contributed by atoms with Crippen LogP contribution >= 0.6 is 23.4 Å². The van der Waals surface area contributed by atoms with E-state index in [2.05, 4.69) is 21.5 Å².